The molecule has 0 spiro atoms. The molecule has 5 heteroatoms. The zero-order valence-electron chi connectivity index (χ0n) is 9.23. The fraction of sp³-hybridized carbons (Fsp3) is 0.545. The molecular weight excluding hydrogens is 206 g/mol. The smallest absolute Gasteiger partial charge is 0.270 e. The number of carbonyl (C=O) groups excluding carboxylic acids is 1. The summed E-state index contributed by atoms with van der Waals surface area (Å²) < 4.78 is 0. The summed E-state index contributed by atoms with van der Waals surface area (Å²) in [5.74, 6) is -0.258. The van der Waals surface area contributed by atoms with Crippen molar-refractivity contribution in [2.24, 2.45) is 0 Å². The van der Waals surface area contributed by atoms with Crippen LogP contribution in [0.4, 0.5) is 0 Å². The Hall–Kier alpha value is -1.49. The molecule has 2 rings (SSSR count). The summed E-state index contributed by atoms with van der Waals surface area (Å²) in [6, 6.07) is 1.63. The van der Waals surface area contributed by atoms with E-state index in [0.717, 1.165) is 25.0 Å². The van der Waals surface area contributed by atoms with Crippen LogP contribution >= 0.6 is 0 Å². The van der Waals surface area contributed by atoms with Crippen molar-refractivity contribution >= 4 is 5.91 Å². The third kappa shape index (κ3) is 2.36. The summed E-state index contributed by atoms with van der Waals surface area (Å²) in [6.45, 7) is 2.10. The van der Waals surface area contributed by atoms with Crippen LogP contribution in [0.1, 0.15) is 35.4 Å². The minimum atomic E-state index is -0.697. The number of nitrogens with one attached hydrogen (secondary N) is 1. The molecule has 16 heavy (non-hydrogen) atoms. The van der Waals surface area contributed by atoms with E-state index >= 15 is 0 Å². The first-order valence-electron chi connectivity index (χ1n) is 5.38. The SMILES string of the molecule is Cc1cc(C(=O)NCC2(O)CCC2)ncn1. The van der Waals surface area contributed by atoms with Crippen LogP contribution in [0.5, 0.6) is 0 Å². The molecule has 1 amide bonds. The van der Waals surface area contributed by atoms with Gasteiger partial charge in [-0.1, -0.05) is 0 Å². The fourth-order valence-electron chi connectivity index (χ4n) is 1.68. The van der Waals surface area contributed by atoms with Gasteiger partial charge in [-0.2, -0.15) is 0 Å². The van der Waals surface area contributed by atoms with Gasteiger partial charge in [0.15, 0.2) is 0 Å². The third-order valence-corrected chi connectivity index (χ3v) is 2.90. The molecule has 86 valence electrons. The maximum atomic E-state index is 11.7. The van der Waals surface area contributed by atoms with Gasteiger partial charge in [-0.25, -0.2) is 9.97 Å². The highest BCUT2D eigenvalue weighted by atomic mass is 16.3. The lowest BCUT2D eigenvalue weighted by molar-refractivity contribution is -0.0300. The molecule has 0 aromatic carbocycles. The number of aryl methyl sites for hydroxylation is 1. The molecule has 1 aliphatic rings. The Balaban J connectivity index is 1.93. The largest absolute Gasteiger partial charge is 0.388 e. The molecule has 1 saturated carbocycles. The van der Waals surface area contributed by atoms with E-state index in [0.29, 0.717) is 12.2 Å². The van der Waals surface area contributed by atoms with E-state index in [4.69, 9.17) is 0 Å². The van der Waals surface area contributed by atoms with Crippen LogP contribution in [-0.4, -0.2) is 33.1 Å². The number of rotatable bonds is 3. The Morgan fingerprint density at radius 1 is 1.56 bits per heavy atom. The van der Waals surface area contributed by atoms with Gasteiger partial charge in [-0.15, -0.1) is 0 Å². The van der Waals surface area contributed by atoms with E-state index in [1.54, 1.807) is 13.0 Å². The Kier molecular flexibility index (Phi) is 2.87. The molecule has 0 bridgehead atoms. The van der Waals surface area contributed by atoms with E-state index in [9.17, 15) is 9.90 Å². The fourth-order valence-corrected chi connectivity index (χ4v) is 1.68. The normalized spacial score (nSPS) is 17.6. The molecule has 1 heterocycles. The number of hydrogen-bond donors (Lipinski definition) is 2. The van der Waals surface area contributed by atoms with Gasteiger partial charge in [0, 0.05) is 12.2 Å². The Morgan fingerprint density at radius 3 is 2.88 bits per heavy atom. The van der Waals surface area contributed by atoms with Crippen molar-refractivity contribution in [3.63, 3.8) is 0 Å². The van der Waals surface area contributed by atoms with E-state index in [2.05, 4.69) is 15.3 Å². The van der Waals surface area contributed by atoms with Crippen LogP contribution in [0, 0.1) is 6.92 Å². The molecule has 0 saturated heterocycles. The molecular formula is C11H15N3O2. The van der Waals surface area contributed by atoms with Crippen molar-refractivity contribution in [3.05, 3.63) is 23.8 Å². The first-order valence-corrected chi connectivity index (χ1v) is 5.38. The predicted molar refractivity (Wildman–Crippen MR) is 57.9 cm³/mol. The lowest BCUT2D eigenvalue weighted by atomic mass is 9.80. The van der Waals surface area contributed by atoms with Crippen molar-refractivity contribution < 1.29 is 9.90 Å². The van der Waals surface area contributed by atoms with Gasteiger partial charge in [-0.3, -0.25) is 4.79 Å². The number of amides is 1. The van der Waals surface area contributed by atoms with Gasteiger partial charge >= 0.3 is 0 Å². The predicted octanol–water partition coefficient (Wildman–Crippen LogP) is 0.430. The van der Waals surface area contributed by atoms with Gasteiger partial charge in [-0.05, 0) is 32.3 Å². The average molecular weight is 221 g/mol. The second kappa shape index (κ2) is 4.17. The highest BCUT2D eigenvalue weighted by Crippen LogP contribution is 2.30. The minimum Gasteiger partial charge on any atom is -0.388 e. The van der Waals surface area contributed by atoms with Crippen LogP contribution in [0.2, 0.25) is 0 Å². The quantitative estimate of drug-likeness (QED) is 0.776. The standard InChI is InChI=1S/C11H15N3O2/c1-8-5-9(14-7-13-8)10(15)12-6-11(16)3-2-4-11/h5,7,16H,2-4,6H2,1H3,(H,12,15). The van der Waals surface area contributed by atoms with Crippen molar-refractivity contribution in [1.82, 2.24) is 15.3 Å². The van der Waals surface area contributed by atoms with Gasteiger partial charge in [0.1, 0.15) is 12.0 Å². The number of aromatic nitrogens is 2. The number of carbonyl (C=O) groups is 1. The average Bonchev–Trinajstić information content (AvgIpc) is 2.23. The monoisotopic (exact) mass is 221 g/mol. The number of nitrogens with zero attached hydrogens (tertiary/aromatic N) is 2. The van der Waals surface area contributed by atoms with Crippen LogP contribution in [0.15, 0.2) is 12.4 Å². The molecule has 1 aliphatic carbocycles. The summed E-state index contributed by atoms with van der Waals surface area (Å²) in [4.78, 5) is 19.5. The first-order chi connectivity index (χ1) is 7.59. The van der Waals surface area contributed by atoms with Crippen LogP contribution in [0.25, 0.3) is 0 Å². The lowest BCUT2D eigenvalue weighted by Gasteiger charge is -2.36. The molecule has 1 aromatic heterocycles. The molecule has 1 fully saturated rings. The minimum absolute atomic E-state index is 0.258. The second-order valence-corrected chi connectivity index (χ2v) is 4.31. The van der Waals surface area contributed by atoms with Crippen molar-refractivity contribution in [1.29, 1.82) is 0 Å². The zero-order valence-corrected chi connectivity index (χ0v) is 9.23. The molecule has 0 unspecified atom stereocenters. The summed E-state index contributed by atoms with van der Waals surface area (Å²) >= 11 is 0. The topological polar surface area (TPSA) is 75.1 Å². The molecule has 0 radical (unpaired) electrons. The van der Waals surface area contributed by atoms with Crippen LogP contribution in [0.3, 0.4) is 0 Å². The Labute approximate surface area is 93.9 Å². The maximum absolute atomic E-state index is 11.7. The molecule has 2 N–H and O–H groups in total. The first kappa shape index (κ1) is 11.0. The third-order valence-electron chi connectivity index (χ3n) is 2.90. The Bertz CT molecular complexity index is 402. The van der Waals surface area contributed by atoms with E-state index in [1.807, 2.05) is 0 Å². The van der Waals surface area contributed by atoms with Crippen molar-refractivity contribution in [2.75, 3.05) is 6.54 Å². The summed E-state index contributed by atoms with van der Waals surface area (Å²) in [7, 11) is 0. The molecule has 0 aliphatic heterocycles. The maximum Gasteiger partial charge on any atom is 0.270 e. The number of aliphatic hydroxyl groups is 1. The molecule has 5 nitrogen and oxygen atoms in total. The van der Waals surface area contributed by atoms with Gasteiger partial charge in [0.2, 0.25) is 0 Å². The van der Waals surface area contributed by atoms with E-state index < -0.39 is 5.60 Å². The van der Waals surface area contributed by atoms with Gasteiger partial charge in [0.25, 0.3) is 5.91 Å². The molecule has 0 atom stereocenters. The highest BCUT2D eigenvalue weighted by Gasteiger charge is 2.34. The van der Waals surface area contributed by atoms with Gasteiger partial charge in [0.05, 0.1) is 5.60 Å². The number of hydrogen-bond acceptors (Lipinski definition) is 4. The van der Waals surface area contributed by atoms with E-state index in [-0.39, 0.29) is 5.91 Å². The van der Waals surface area contributed by atoms with E-state index in [1.165, 1.54) is 6.33 Å². The van der Waals surface area contributed by atoms with Crippen LogP contribution < -0.4 is 5.32 Å². The Morgan fingerprint density at radius 2 is 2.31 bits per heavy atom. The zero-order chi connectivity index (χ0) is 11.6. The lowest BCUT2D eigenvalue weighted by Crippen LogP contribution is -2.47. The van der Waals surface area contributed by atoms with Gasteiger partial charge < -0.3 is 10.4 Å². The molecule has 1 aromatic rings. The summed E-state index contributed by atoms with van der Waals surface area (Å²) in [6.07, 6.45) is 3.91. The highest BCUT2D eigenvalue weighted by molar-refractivity contribution is 5.92. The second-order valence-electron chi connectivity index (χ2n) is 4.31. The van der Waals surface area contributed by atoms with Crippen LogP contribution in [-0.2, 0) is 0 Å². The summed E-state index contributed by atoms with van der Waals surface area (Å²) in [5, 5.41) is 12.5. The van der Waals surface area contributed by atoms with Crippen molar-refractivity contribution in [3.8, 4) is 0 Å². The summed E-state index contributed by atoms with van der Waals surface area (Å²) in [5.41, 5.74) is 0.399. The van der Waals surface area contributed by atoms with Crippen molar-refractivity contribution in [2.45, 2.75) is 31.8 Å².